The Hall–Kier alpha value is -2.63. The second kappa shape index (κ2) is 6.35. The lowest BCUT2D eigenvalue weighted by Crippen LogP contribution is -2.48. The second-order valence-corrected chi connectivity index (χ2v) is 6.94. The number of aromatic nitrogens is 2. The van der Waals surface area contributed by atoms with E-state index in [9.17, 15) is 9.59 Å². The highest BCUT2D eigenvalue weighted by atomic mass is 16.2. The smallest absolute Gasteiger partial charge is 0.252 e. The summed E-state index contributed by atoms with van der Waals surface area (Å²) in [6, 6.07) is 7.22. The van der Waals surface area contributed by atoms with Gasteiger partial charge in [0.25, 0.3) is 5.91 Å². The van der Waals surface area contributed by atoms with E-state index in [0.717, 1.165) is 29.8 Å². The van der Waals surface area contributed by atoms with Crippen molar-refractivity contribution in [1.29, 1.82) is 0 Å². The zero-order valence-electron chi connectivity index (χ0n) is 14.3. The van der Waals surface area contributed by atoms with Crippen molar-refractivity contribution in [3.05, 3.63) is 47.2 Å². The van der Waals surface area contributed by atoms with Crippen LogP contribution in [0.5, 0.6) is 0 Å². The molecule has 0 saturated heterocycles. The van der Waals surface area contributed by atoms with Gasteiger partial charge in [-0.2, -0.15) is 5.10 Å². The summed E-state index contributed by atoms with van der Waals surface area (Å²) in [6.45, 7) is 1.95. The Bertz CT molecular complexity index is 821. The highest BCUT2D eigenvalue weighted by molar-refractivity contribution is 6.03. The van der Waals surface area contributed by atoms with Crippen LogP contribution in [-0.4, -0.2) is 27.6 Å². The zero-order chi connectivity index (χ0) is 17.4. The van der Waals surface area contributed by atoms with Gasteiger partial charge in [0.05, 0.1) is 12.2 Å². The van der Waals surface area contributed by atoms with Crippen LogP contribution < -0.4 is 10.6 Å². The lowest BCUT2D eigenvalue weighted by atomic mass is 9.95. The molecule has 1 aliphatic heterocycles. The highest BCUT2D eigenvalue weighted by Gasteiger charge is 2.30. The number of benzene rings is 1. The average Bonchev–Trinajstić information content (AvgIpc) is 3.25. The summed E-state index contributed by atoms with van der Waals surface area (Å²) in [7, 11) is 0. The molecule has 1 unspecified atom stereocenters. The van der Waals surface area contributed by atoms with Crippen molar-refractivity contribution in [2.45, 2.75) is 51.1 Å². The van der Waals surface area contributed by atoms with Gasteiger partial charge >= 0.3 is 0 Å². The van der Waals surface area contributed by atoms with Crippen LogP contribution in [0.3, 0.4) is 0 Å². The molecule has 4 rings (SSSR count). The predicted octanol–water partition coefficient (Wildman–Crippen LogP) is 2.60. The second-order valence-electron chi connectivity index (χ2n) is 6.94. The summed E-state index contributed by atoms with van der Waals surface area (Å²) in [6.07, 6.45) is 6.89. The van der Waals surface area contributed by atoms with Crippen LogP contribution in [0.15, 0.2) is 30.5 Å². The van der Waals surface area contributed by atoms with Gasteiger partial charge in [-0.15, -0.1) is 0 Å². The quantitative estimate of drug-likeness (QED) is 0.903. The largest absolute Gasteiger partial charge is 0.340 e. The van der Waals surface area contributed by atoms with E-state index in [2.05, 4.69) is 15.7 Å². The summed E-state index contributed by atoms with van der Waals surface area (Å²) in [5.74, 6) is 0.374. The standard InChI is InChI=1S/C19H22N4O2/c1-12-11-20-23(14-7-3-4-8-14)17(12)22-19(25)16-10-13-6-2-5-9-15(13)18(24)21-16/h2,5-6,9,11,14,16H,3-4,7-8,10H2,1H3,(H,21,24)(H,22,25). The Morgan fingerprint density at radius 3 is 2.84 bits per heavy atom. The molecule has 2 heterocycles. The SMILES string of the molecule is Cc1cnn(C2CCCC2)c1NC(=O)C1Cc2ccccc2C(=O)N1. The number of rotatable bonds is 3. The van der Waals surface area contributed by atoms with Crippen molar-refractivity contribution in [3.8, 4) is 0 Å². The number of nitrogens with zero attached hydrogens (tertiary/aromatic N) is 2. The highest BCUT2D eigenvalue weighted by Crippen LogP contribution is 2.32. The molecule has 2 N–H and O–H groups in total. The number of carbonyl (C=O) groups excluding carboxylic acids is 2. The van der Waals surface area contributed by atoms with Crippen LogP contribution in [-0.2, 0) is 11.2 Å². The van der Waals surface area contributed by atoms with E-state index in [1.807, 2.05) is 29.8 Å². The van der Waals surface area contributed by atoms with Crippen molar-refractivity contribution < 1.29 is 9.59 Å². The molecular weight excluding hydrogens is 316 g/mol. The first-order valence-corrected chi connectivity index (χ1v) is 8.87. The van der Waals surface area contributed by atoms with Gasteiger partial charge in [0.2, 0.25) is 5.91 Å². The van der Waals surface area contributed by atoms with E-state index in [0.29, 0.717) is 18.0 Å². The van der Waals surface area contributed by atoms with Gasteiger partial charge in [0, 0.05) is 17.5 Å². The Balaban J connectivity index is 1.54. The van der Waals surface area contributed by atoms with Gasteiger partial charge in [-0.3, -0.25) is 9.59 Å². The Labute approximate surface area is 146 Å². The fraction of sp³-hybridized carbons (Fsp3) is 0.421. The number of aryl methyl sites for hydroxylation is 1. The molecule has 1 fully saturated rings. The first kappa shape index (κ1) is 15.9. The Kier molecular flexibility index (Phi) is 4.03. The molecule has 1 atom stereocenters. The van der Waals surface area contributed by atoms with E-state index < -0.39 is 6.04 Å². The molecule has 6 heteroatoms. The summed E-state index contributed by atoms with van der Waals surface area (Å²) >= 11 is 0. The van der Waals surface area contributed by atoms with E-state index in [1.165, 1.54) is 12.8 Å². The van der Waals surface area contributed by atoms with Gasteiger partial charge in [-0.1, -0.05) is 31.0 Å². The molecule has 2 aliphatic rings. The third-order valence-electron chi connectivity index (χ3n) is 5.20. The number of nitrogens with one attached hydrogen (secondary N) is 2. The van der Waals surface area contributed by atoms with Crippen LogP contribution >= 0.6 is 0 Å². The number of amides is 2. The molecule has 1 aromatic carbocycles. The van der Waals surface area contributed by atoms with Crippen LogP contribution in [0.4, 0.5) is 5.82 Å². The first-order chi connectivity index (χ1) is 12.1. The Morgan fingerprint density at radius 2 is 2.04 bits per heavy atom. The third-order valence-corrected chi connectivity index (χ3v) is 5.20. The van der Waals surface area contributed by atoms with Crippen molar-refractivity contribution in [2.75, 3.05) is 5.32 Å². The molecule has 6 nitrogen and oxygen atoms in total. The number of fused-ring (bicyclic) bond motifs is 1. The molecule has 2 amide bonds. The third kappa shape index (κ3) is 2.92. The summed E-state index contributed by atoms with van der Waals surface area (Å²) in [4.78, 5) is 25.0. The van der Waals surface area contributed by atoms with Gasteiger partial charge in [-0.05, 0) is 31.4 Å². The molecule has 1 saturated carbocycles. The minimum absolute atomic E-state index is 0.189. The maximum absolute atomic E-state index is 12.8. The van der Waals surface area contributed by atoms with E-state index in [1.54, 1.807) is 12.3 Å². The predicted molar refractivity (Wildman–Crippen MR) is 94.5 cm³/mol. The lowest BCUT2D eigenvalue weighted by Gasteiger charge is -2.25. The number of hydrogen-bond acceptors (Lipinski definition) is 3. The maximum atomic E-state index is 12.8. The summed E-state index contributed by atoms with van der Waals surface area (Å²) in [5, 5.41) is 10.3. The van der Waals surface area contributed by atoms with E-state index >= 15 is 0 Å². The summed E-state index contributed by atoms with van der Waals surface area (Å²) < 4.78 is 1.94. The molecule has 1 aromatic heterocycles. The van der Waals surface area contributed by atoms with Gasteiger partial charge in [0.15, 0.2) is 0 Å². The topological polar surface area (TPSA) is 76.0 Å². The van der Waals surface area contributed by atoms with Gasteiger partial charge < -0.3 is 10.6 Å². The van der Waals surface area contributed by atoms with Crippen LogP contribution in [0.2, 0.25) is 0 Å². The average molecular weight is 338 g/mol. The van der Waals surface area contributed by atoms with E-state index in [-0.39, 0.29) is 11.8 Å². The molecule has 0 spiro atoms. The van der Waals surface area contributed by atoms with Gasteiger partial charge in [-0.25, -0.2) is 4.68 Å². The zero-order valence-corrected chi connectivity index (χ0v) is 14.3. The molecule has 130 valence electrons. The van der Waals surface area contributed by atoms with E-state index in [4.69, 9.17) is 0 Å². The van der Waals surface area contributed by atoms with Crippen molar-refractivity contribution >= 4 is 17.6 Å². The van der Waals surface area contributed by atoms with Crippen molar-refractivity contribution in [2.24, 2.45) is 0 Å². The van der Waals surface area contributed by atoms with Gasteiger partial charge in [0.1, 0.15) is 11.9 Å². The number of hydrogen-bond donors (Lipinski definition) is 2. The van der Waals surface area contributed by atoms with Crippen molar-refractivity contribution in [1.82, 2.24) is 15.1 Å². The molecule has 0 radical (unpaired) electrons. The van der Waals surface area contributed by atoms with Crippen molar-refractivity contribution in [3.63, 3.8) is 0 Å². The number of carbonyl (C=O) groups is 2. The Morgan fingerprint density at radius 1 is 1.28 bits per heavy atom. The van der Waals surface area contributed by atoms with Crippen LogP contribution in [0.25, 0.3) is 0 Å². The fourth-order valence-electron chi connectivity index (χ4n) is 3.82. The number of anilines is 1. The molecule has 1 aliphatic carbocycles. The molecule has 0 bridgehead atoms. The minimum Gasteiger partial charge on any atom is -0.340 e. The fourth-order valence-corrected chi connectivity index (χ4v) is 3.82. The molecular formula is C19H22N4O2. The monoisotopic (exact) mass is 338 g/mol. The minimum atomic E-state index is -0.561. The molecule has 25 heavy (non-hydrogen) atoms. The van der Waals surface area contributed by atoms with Crippen LogP contribution in [0, 0.1) is 6.92 Å². The lowest BCUT2D eigenvalue weighted by molar-refractivity contribution is -0.118. The first-order valence-electron chi connectivity index (χ1n) is 8.87. The van der Waals surface area contributed by atoms with Crippen LogP contribution in [0.1, 0.15) is 53.2 Å². The summed E-state index contributed by atoms with van der Waals surface area (Å²) in [5.41, 5.74) is 2.51. The normalized spacial score (nSPS) is 20.2. The maximum Gasteiger partial charge on any atom is 0.252 e. The molecule has 2 aromatic rings.